The Morgan fingerprint density at radius 3 is 2.00 bits per heavy atom. The molecule has 1 N–H and O–H groups in total. The second-order valence-corrected chi connectivity index (χ2v) is 3.17. The van der Waals surface area contributed by atoms with Crippen LogP contribution in [0.3, 0.4) is 0 Å². The van der Waals surface area contributed by atoms with Crippen molar-refractivity contribution in [1.82, 2.24) is 4.98 Å². The van der Waals surface area contributed by atoms with Crippen LogP contribution in [0.25, 0.3) is 6.08 Å². The normalized spacial score (nSPS) is 8.06. The van der Waals surface area contributed by atoms with Crippen LogP contribution in [0.5, 0.6) is 0 Å². The third-order valence-electron chi connectivity index (χ3n) is 1.46. The van der Waals surface area contributed by atoms with Crippen molar-refractivity contribution in [3.8, 4) is 0 Å². The second kappa shape index (κ2) is 15.4. The molecule has 1 rings (SSSR count). The minimum atomic E-state index is 0. The summed E-state index contributed by atoms with van der Waals surface area (Å²) in [4.78, 5) is 2.90. The van der Waals surface area contributed by atoms with Crippen molar-refractivity contribution in [3.05, 3.63) is 71.0 Å². The van der Waals surface area contributed by atoms with Gasteiger partial charge in [-0.15, -0.1) is 17.8 Å². The molecule has 1 heterocycles. The number of hydrogen-bond acceptors (Lipinski definition) is 0. The summed E-state index contributed by atoms with van der Waals surface area (Å²) in [5, 5.41) is 0. The third kappa shape index (κ3) is 13.3. The van der Waals surface area contributed by atoms with Crippen molar-refractivity contribution >= 4 is 6.08 Å². The van der Waals surface area contributed by atoms with Gasteiger partial charge in [-0.25, -0.2) is 0 Å². The van der Waals surface area contributed by atoms with Crippen molar-refractivity contribution in [1.29, 1.82) is 0 Å². The zero-order valence-corrected chi connectivity index (χ0v) is 13.9. The molecule has 1 aromatic heterocycles. The first-order valence-electron chi connectivity index (χ1n) is 4.07. The van der Waals surface area contributed by atoms with E-state index >= 15 is 0 Å². The first-order chi connectivity index (χ1) is 5.68. The molecule has 0 unspecified atom stereocenters. The van der Waals surface area contributed by atoms with E-state index in [-0.39, 0.29) is 49.2 Å². The zero-order valence-electron chi connectivity index (χ0n) is 12.2. The van der Waals surface area contributed by atoms with Gasteiger partial charge < -0.3 is 34.7 Å². The third-order valence-corrected chi connectivity index (χ3v) is 1.46. The van der Waals surface area contributed by atoms with Gasteiger partial charge in [0.1, 0.15) is 0 Å². The molecule has 0 saturated heterocycles. The van der Waals surface area contributed by atoms with Crippen LogP contribution < -0.4 is 0 Å². The Hall–Kier alpha value is -0.617. The fraction of sp³-hybridized carbons (Fsp3) is 0.200. The minimum absolute atomic E-state index is 0. The van der Waals surface area contributed by atoms with Gasteiger partial charge in [0.05, 0.1) is 0 Å². The van der Waals surface area contributed by atoms with Crippen molar-refractivity contribution < 1.29 is 19.5 Å². The van der Waals surface area contributed by atoms with Crippen LogP contribution in [0.2, 0.25) is 0 Å². The maximum atomic E-state index is 3.01. The molecule has 0 aromatic carbocycles. The average molecular weight is 321 g/mol. The molecule has 17 heavy (non-hydrogen) atoms. The summed E-state index contributed by atoms with van der Waals surface area (Å²) in [6, 6.07) is 2.00. The number of rotatable bonds is 2. The first-order valence-corrected chi connectivity index (χ1v) is 4.07. The molecular weight excluding hydrogens is 295 g/mol. The minimum Gasteiger partial charge on any atom is -0.453 e. The molecule has 0 saturated carbocycles. The Morgan fingerprint density at radius 2 is 1.65 bits per heavy atom. The van der Waals surface area contributed by atoms with E-state index < -0.39 is 0 Å². The summed E-state index contributed by atoms with van der Waals surface area (Å²) in [6.07, 6.45) is 9.14. The molecule has 0 amide bonds. The van der Waals surface area contributed by atoms with Gasteiger partial charge in [-0.1, -0.05) is 23.4 Å². The molecule has 0 aliphatic carbocycles. The van der Waals surface area contributed by atoms with E-state index in [1.807, 2.05) is 12.3 Å². The van der Waals surface area contributed by atoms with Crippen LogP contribution in [0.15, 0.2) is 29.5 Å². The van der Waals surface area contributed by atoms with Crippen LogP contribution in [-0.4, -0.2) is 4.98 Å². The van der Waals surface area contributed by atoms with E-state index in [2.05, 4.69) is 44.1 Å². The molecule has 0 aliphatic heterocycles. The van der Waals surface area contributed by atoms with Crippen LogP contribution >= 0.6 is 0 Å². The molecule has 0 atom stereocenters. The zero-order chi connectivity index (χ0) is 8.97. The van der Waals surface area contributed by atoms with Gasteiger partial charge in [0.2, 0.25) is 0 Å². The second-order valence-electron chi connectivity index (χ2n) is 3.17. The van der Waals surface area contributed by atoms with E-state index in [0.29, 0.717) is 0 Å². The van der Waals surface area contributed by atoms with E-state index in [0.717, 1.165) is 5.56 Å². The van der Waals surface area contributed by atoms with E-state index in [1.54, 1.807) is 0 Å². The van der Waals surface area contributed by atoms with Crippen LogP contribution in [-0.2, 0) is 19.5 Å². The summed E-state index contributed by atoms with van der Waals surface area (Å²) in [7, 11) is 0. The quantitative estimate of drug-likeness (QED) is 0.449. The predicted octanol–water partition coefficient (Wildman–Crippen LogP) is 4.98. The number of nitrogens with one attached hydrogen (secondary N) is 1. The van der Waals surface area contributed by atoms with E-state index in [9.17, 15) is 0 Å². The molecule has 0 spiro atoms. The fourth-order valence-electron chi connectivity index (χ4n) is 1.12. The summed E-state index contributed by atoms with van der Waals surface area (Å²) in [6.45, 7) is 6.28. The average Bonchev–Trinajstić information content (AvgIpc) is 2.37. The Bertz CT molecular complexity index is 291. The monoisotopic (exact) mass is 322 g/mol. The molecule has 1 nitrogen and oxygen atoms in total. The molecule has 0 aliphatic rings. The van der Waals surface area contributed by atoms with Crippen LogP contribution in [0.1, 0.15) is 26.3 Å². The maximum Gasteiger partial charge on any atom is 5.00 e. The molecular formula is C15H26NRu. The topological polar surface area (TPSA) is 15.8 Å². The molecule has 1 aromatic rings. The standard InChI is InChI=1S/C11H14N.4CH3.Ru/c1-9(2)6-10(3)7-11-4-5-12-8-11;;;;;/h4-7,12H,1-3H3;4*1H3;/q5*-1;+5. The predicted molar refractivity (Wildman–Crippen MR) is 78.4 cm³/mol. The van der Waals surface area contributed by atoms with Gasteiger partial charge in [0, 0.05) is 0 Å². The first kappa shape index (κ1) is 29.9. The maximum absolute atomic E-state index is 3.01. The summed E-state index contributed by atoms with van der Waals surface area (Å²) >= 11 is 0. The van der Waals surface area contributed by atoms with Crippen LogP contribution in [0, 0.1) is 35.9 Å². The van der Waals surface area contributed by atoms with Crippen molar-refractivity contribution in [2.45, 2.75) is 20.8 Å². The van der Waals surface area contributed by atoms with Gasteiger partial charge in [0.25, 0.3) is 0 Å². The van der Waals surface area contributed by atoms with Gasteiger partial charge in [-0.05, 0) is 20.8 Å². The van der Waals surface area contributed by atoms with E-state index in [1.165, 1.54) is 11.1 Å². The molecule has 2 heteroatoms. The van der Waals surface area contributed by atoms with Crippen molar-refractivity contribution in [3.63, 3.8) is 0 Å². The number of H-pyrrole nitrogens is 1. The molecule has 1 radical (unpaired) electrons. The smallest absolute Gasteiger partial charge is 0.453 e. The van der Waals surface area contributed by atoms with E-state index in [4.69, 9.17) is 0 Å². The number of allylic oxidation sites excluding steroid dienone is 3. The number of aromatic amines is 1. The Balaban J connectivity index is -0.0000000960. The molecule has 99 valence electrons. The van der Waals surface area contributed by atoms with Crippen molar-refractivity contribution in [2.75, 3.05) is 0 Å². The Morgan fingerprint density at radius 1 is 1.12 bits per heavy atom. The molecule has 0 fully saturated rings. The van der Waals surface area contributed by atoms with Crippen LogP contribution in [0.4, 0.5) is 0 Å². The van der Waals surface area contributed by atoms with Gasteiger partial charge in [-0.2, -0.15) is 6.07 Å². The summed E-state index contributed by atoms with van der Waals surface area (Å²) in [5.41, 5.74) is 3.68. The van der Waals surface area contributed by atoms with Gasteiger partial charge >= 0.3 is 19.5 Å². The Labute approximate surface area is 122 Å². The SMILES string of the molecule is CC(C)=CC(C)=Cc1[c-][nH]cc1.[CH3-].[CH3-].[CH3-].[CH3-].[Ru+5]. The molecule has 0 bridgehead atoms. The van der Waals surface area contributed by atoms with Gasteiger partial charge in [-0.3, -0.25) is 0 Å². The summed E-state index contributed by atoms with van der Waals surface area (Å²) in [5.74, 6) is 0. The fourth-order valence-corrected chi connectivity index (χ4v) is 1.12. The summed E-state index contributed by atoms with van der Waals surface area (Å²) < 4.78 is 0. The van der Waals surface area contributed by atoms with Crippen molar-refractivity contribution in [2.24, 2.45) is 0 Å². The number of aromatic nitrogens is 1. The van der Waals surface area contributed by atoms with Gasteiger partial charge in [0.15, 0.2) is 0 Å². The largest absolute Gasteiger partial charge is 5.00 e. The Kier molecular flexibility index (Phi) is 27.1. The number of hydrogen-bond donors (Lipinski definition) is 1.